The Kier molecular flexibility index (Phi) is 8.01. The molecule has 4 rings (SSSR count). The number of esters is 2. The first-order valence-corrected chi connectivity index (χ1v) is 12.3. The van der Waals surface area contributed by atoms with Crippen LogP contribution in [0.3, 0.4) is 0 Å². The van der Waals surface area contributed by atoms with Gasteiger partial charge in [-0.3, -0.25) is 9.59 Å². The lowest BCUT2D eigenvalue weighted by Crippen LogP contribution is -2.10. The summed E-state index contributed by atoms with van der Waals surface area (Å²) in [6, 6.07) is 35.5. The minimum atomic E-state index is -0.367. The zero-order valence-corrected chi connectivity index (χ0v) is 20.4. The average Bonchev–Trinajstić information content (AvgIpc) is 2.86. The summed E-state index contributed by atoms with van der Waals surface area (Å²) in [5, 5.41) is -0.329. The van der Waals surface area contributed by atoms with Gasteiger partial charge in [-0.25, -0.2) is 0 Å². The van der Waals surface area contributed by atoms with Gasteiger partial charge in [0.05, 0.1) is 10.5 Å². The highest BCUT2D eigenvalue weighted by Crippen LogP contribution is 2.51. The molecule has 176 valence electrons. The van der Waals surface area contributed by atoms with Crippen molar-refractivity contribution in [2.24, 2.45) is 0 Å². The maximum absolute atomic E-state index is 11.9. The largest absolute Gasteiger partial charge is 0.426 e. The molecule has 0 fully saturated rings. The minimum Gasteiger partial charge on any atom is -0.426 e. The SMILES string of the molecule is CC(=O)Oc1ccccc1C(SC(c1ccccc1)c1ccccc1OC(C)=O)c1ccccc1. The van der Waals surface area contributed by atoms with Crippen molar-refractivity contribution >= 4 is 23.7 Å². The Balaban J connectivity index is 1.86. The zero-order chi connectivity index (χ0) is 24.6. The van der Waals surface area contributed by atoms with Crippen LogP contribution in [-0.2, 0) is 9.59 Å². The Morgan fingerprint density at radius 2 is 0.886 bits per heavy atom. The third kappa shape index (κ3) is 6.19. The Morgan fingerprint density at radius 3 is 1.26 bits per heavy atom. The molecule has 0 heterocycles. The fourth-order valence-electron chi connectivity index (χ4n) is 3.94. The molecule has 0 radical (unpaired) electrons. The molecule has 4 aromatic carbocycles. The Morgan fingerprint density at radius 1 is 0.543 bits per heavy atom. The molecule has 0 N–H and O–H groups in total. The normalized spacial score (nSPS) is 12.4. The van der Waals surface area contributed by atoms with Gasteiger partial charge in [0.1, 0.15) is 11.5 Å². The summed E-state index contributed by atoms with van der Waals surface area (Å²) >= 11 is 1.70. The highest BCUT2D eigenvalue weighted by molar-refractivity contribution is 8.00. The first kappa shape index (κ1) is 24.3. The summed E-state index contributed by atoms with van der Waals surface area (Å²) in [5.74, 6) is 0.325. The lowest BCUT2D eigenvalue weighted by molar-refractivity contribution is -0.132. The predicted molar refractivity (Wildman–Crippen MR) is 140 cm³/mol. The Hall–Kier alpha value is -3.83. The van der Waals surface area contributed by atoms with Crippen molar-refractivity contribution in [3.63, 3.8) is 0 Å². The van der Waals surface area contributed by atoms with Crippen LogP contribution in [0.4, 0.5) is 0 Å². The topological polar surface area (TPSA) is 52.6 Å². The van der Waals surface area contributed by atoms with Gasteiger partial charge < -0.3 is 9.47 Å². The summed E-state index contributed by atoms with van der Waals surface area (Å²) in [5.41, 5.74) is 3.93. The van der Waals surface area contributed by atoms with Crippen molar-refractivity contribution in [3.05, 3.63) is 131 Å². The molecule has 0 aliphatic carbocycles. The molecule has 2 unspecified atom stereocenters. The molecule has 0 saturated carbocycles. The van der Waals surface area contributed by atoms with Crippen LogP contribution in [0.15, 0.2) is 109 Å². The number of thioether (sulfide) groups is 1. The molecular formula is C30H26O4S. The molecule has 0 spiro atoms. The third-order valence-electron chi connectivity index (χ3n) is 5.39. The number of hydrogen-bond donors (Lipinski definition) is 0. The van der Waals surface area contributed by atoms with Gasteiger partial charge in [0.15, 0.2) is 0 Å². The van der Waals surface area contributed by atoms with Crippen LogP contribution >= 0.6 is 11.8 Å². The maximum Gasteiger partial charge on any atom is 0.308 e. The fraction of sp³-hybridized carbons (Fsp3) is 0.133. The number of carbonyl (C=O) groups excluding carboxylic acids is 2. The molecule has 2 atom stereocenters. The third-order valence-corrected chi connectivity index (χ3v) is 6.98. The molecule has 0 aromatic heterocycles. The molecule has 0 saturated heterocycles. The van der Waals surface area contributed by atoms with Crippen molar-refractivity contribution in [3.8, 4) is 11.5 Å². The van der Waals surface area contributed by atoms with Crippen molar-refractivity contribution in [2.45, 2.75) is 24.3 Å². The molecule has 5 heteroatoms. The van der Waals surface area contributed by atoms with Crippen LogP contribution in [-0.4, -0.2) is 11.9 Å². The highest BCUT2D eigenvalue weighted by Gasteiger charge is 2.28. The molecule has 0 amide bonds. The molecule has 0 aliphatic heterocycles. The second-order valence-corrected chi connectivity index (χ2v) is 9.20. The van der Waals surface area contributed by atoms with Crippen LogP contribution in [0.1, 0.15) is 46.6 Å². The van der Waals surface area contributed by atoms with Crippen molar-refractivity contribution in [2.75, 3.05) is 0 Å². The number of hydrogen-bond acceptors (Lipinski definition) is 5. The number of benzene rings is 4. The van der Waals surface area contributed by atoms with Crippen LogP contribution in [0.2, 0.25) is 0 Å². The zero-order valence-electron chi connectivity index (χ0n) is 19.6. The van der Waals surface area contributed by atoms with E-state index in [1.165, 1.54) is 13.8 Å². The van der Waals surface area contributed by atoms with Crippen LogP contribution < -0.4 is 9.47 Å². The second kappa shape index (κ2) is 11.5. The van der Waals surface area contributed by atoms with E-state index in [2.05, 4.69) is 24.3 Å². The van der Waals surface area contributed by atoms with E-state index >= 15 is 0 Å². The molecule has 0 aliphatic rings. The lowest BCUT2D eigenvalue weighted by atomic mass is 10.0. The summed E-state index contributed by atoms with van der Waals surface area (Å²) in [7, 11) is 0. The van der Waals surface area contributed by atoms with E-state index in [9.17, 15) is 9.59 Å². The van der Waals surface area contributed by atoms with E-state index in [0.717, 1.165) is 22.3 Å². The molecule has 4 aromatic rings. The first-order chi connectivity index (χ1) is 17.0. The lowest BCUT2D eigenvalue weighted by Gasteiger charge is -2.27. The van der Waals surface area contributed by atoms with E-state index in [0.29, 0.717) is 11.5 Å². The number of carbonyl (C=O) groups is 2. The Labute approximate surface area is 209 Å². The van der Waals surface area contributed by atoms with E-state index < -0.39 is 0 Å². The number of para-hydroxylation sites is 2. The molecule has 35 heavy (non-hydrogen) atoms. The summed E-state index contributed by atoms with van der Waals surface area (Å²) in [4.78, 5) is 23.7. The average molecular weight is 483 g/mol. The smallest absolute Gasteiger partial charge is 0.308 e. The van der Waals surface area contributed by atoms with Gasteiger partial charge in [0, 0.05) is 25.0 Å². The number of ether oxygens (including phenoxy) is 2. The van der Waals surface area contributed by atoms with Gasteiger partial charge in [0.2, 0.25) is 0 Å². The summed E-state index contributed by atoms with van der Waals surface area (Å²) < 4.78 is 11.2. The van der Waals surface area contributed by atoms with Gasteiger partial charge in [-0.15, -0.1) is 11.8 Å². The van der Waals surface area contributed by atoms with E-state index in [1.54, 1.807) is 11.8 Å². The molecule has 4 nitrogen and oxygen atoms in total. The number of rotatable bonds is 8. The maximum atomic E-state index is 11.9. The monoisotopic (exact) mass is 482 g/mol. The quantitative estimate of drug-likeness (QED) is 0.197. The van der Waals surface area contributed by atoms with Gasteiger partial charge in [0.25, 0.3) is 0 Å². The van der Waals surface area contributed by atoms with Crippen LogP contribution in [0, 0.1) is 0 Å². The minimum absolute atomic E-state index is 0.164. The summed E-state index contributed by atoms with van der Waals surface area (Å²) in [6.07, 6.45) is 0. The van der Waals surface area contributed by atoms with Crippen LogP contribution in [0.5, 0.6) is 11.5 Å². The van der Waals surface area contributed by atoms with Gasteiger partial charge >= 0.3 is 11.9 Å². The van der Waals surface area contributed by atoms with E-state index in [4.69, 9.17) is 9.47 Å². The van der Waals surface area contributed by atoms with E-state index in [1.807, 2.05) is 84.9 Å². The summed E-state index contributed by atoms with van der Waals surface area (Å²) in [6.45, 7) is 2.81. The molecule has 0 bridgehead atoms. The van der Waals surface area contributed by atoms with Crippen molar-refractivity contribution in [1.82, 2.24) is 0 Å². The van der Waals surface area contributed by atoms with Gasteiger partial charge in [-0.05, 0) is 23.3 Å². The van der Waals surface area contributed by atoms with Gasteiger partial charge in [-0.2, -0.15) is 0 Å². The highest BCUT2D eigenvalue weighted by atomic mass is 32.2. The molecular weight excluding hydrogens is 456 g/mol. The van der Waals surface area contributed by atoms with Crippen molar-refractivity contribution in [1.29, 1.82) is 0 Å². The Bertz CT molecular complexity index is 1190. The standard InChI is InChI=1S/C30H26O4S/c1-21(31)33-27-19-11-9-17-25(27)29(23-13-5-3-6-14-23)35-30(24-15-7-4-8-16-24)26-18-10-12-20-28(26)34-22(2)32/h3-20,29-30H,1-2H3. The predicted octanol–water partition coefficient (Wildman–Crippen LogP) is 7.15. The second-order valence-electron chi connectivity index (χ2n) is 7.98. The van der Waals surface area contributed by atoms with Crippen molar-refractivity contribution < 1.29 is 19.1 Å². The van der Waals surface area contributed by atoms with Gasteiger partial charge in [-0.1, -0.05) is 97.1 Å². The fourth-order valence-corrected chi connectivity index (χ4v) is 5.53. The van der Waals surface area contributed by atoms with Crippen LogP contribution in [0.25, 0.3) is 0 Å². The first-order valence-electron chi connectivity index (χ1n) is 11.3. The van der Waals surface area contributed by atoms with E-state index in [-0.39, 0.29) is 22.4 Å².